The van der Waals surface area contributed by atoms with Crippen LogP contribution in [0.3, 0.4) is 0 Å². The monoisotopic (exact) mass is 829 g/mol. The van der Waals surface area contributed by atoms with Crippen molar-refractivity contribution in [2.75, 3.05) is 42.3 Å². The van der Waals surface area contributed by atoms with Gasteiger partial charge in [0.1, 0.15) is 0 Å². The Morgan fingerprint density at radius 3 is 1.25 bits per heavy atom. The third kappa shape index (κ3) is 20.4. The van der Waals surface area contributed by atoms with Crippen LogP contribution in [-0.4, -0.2) is 109 Å². The van der Waals surface area contributed by atoms with Crippen molar-refractivity contribution in [2.45, 2.75) is 104 Å². The van der Waals surface area contributed by atoms with Crippen molar-refractivity contribution < 1.29 is 0 Å². The molecule has 48 heavy (non-hydrogen) atoms. The molecule has 0 unspecified atom stereocenters. The molecule has 0 N–H and O–H groups in total. The van der Waals surface area contributed by atoms with Gasteiger partial charge in [-0.3, -0.25) is 0 Å². The Balaban J connectivity index is 0.000000363. The van der Waals surface area contributed by atoms with Crippen LogP contribution in [0.25, 0.3) is 0 Å². The molecule has 0 aromatic heterocycles. The zero-order valence-corrected chi connectivity index (χ0v) is 40.4. The Bertz CT molecular complexity index is 1190. The third-order valence-corrected chi connectivity index (χ3v) is 28.1. The number of benzene rings is 3. The van der Waals surface area contributed by atoms with E-state index < -0.39 is 51.8 Å². The molecule has 0 aliphatic heterocycles. The van der Waals surface area contributed by atoms with Gasteiger partial charge in [-0.15, -0.1) is 11.6 Å². The van der Waals surface area contributed by atoms with Gasteiger partial charge in [0.15, 0.2) is 0 Å². The van der Waals surface area contributed by atoms with E-state index in [0.717, 1.165) is 19.6 Å². The fourth-order valence-corrected chi connectivity index (χ4v) is 22.0. The molecule has 3 rings (SSSR count). The molecule has 0 heterocycles. The zero-order valence-electron chi connectivity index (χ0n) is 33.5. The zero-order chi connectivity index (χ0) is 35.9. The van der Waals surface area contributed by atoms with Crippen molar-refractivity contribution in [1.82, 2.24) is 14.7 Å². The fourth-order valence-electron chi connectivity index (χ4n) is 6.56. The first-order valence-corrected chi connectivity index (χ1v) is 34.3. The van der Waals surface area contributed by atoms with Gasteiger partial charge in [-0.25, -0.2) is 0 Å². The van der Waals surface area contributed by atoms with Crippen LogP contribution in [0.4, 0.5) is 0 Å². The topological polar surface area (TPSA) is 9.72 Å². The van der Waals surface area contributed by atoms with E-state index in [-0.39, 0.29) is 0 Å². The fraction of sp³-hybridized carbons (Fsp3) is 0.571. The van der Waals surface area contributed by atoms with Crippen molar-refractivity contribution in [3.8, 4) is 0 Å². The Morgan fingerprint density at radius 1 is 0.521 bits per heavy atom. The average Bonchev–Trinajstić information content (AvgIpc) is 3.02. The molecule has 0 aliphatic carbocycles. The van der Waals surface area contributed by atoms with Crippen molar-refractivity contribution >= 4 is 51.8 Å². The second-order valence-corrected chi connectivity index (χ2v) is 35.7. The van der Waals surface area contributed by atoms with Crippen LogP contribution >= 0.6 is 0 Å². The first-order valence-electron chi connectivity index (χ1n) is 19.1. The molecule has 0 bridgehead atoms. The van der Waals surface area contributed by atoms with E-state index in [2.05, 4.69) is 169 Å². The van der Waals surface area contributed by atoms with Crippen LogP contribution in [0.15, 0.2) is 72.8 Å². The summed E-state index contributed by atoms with van der Waals surface area (Å²) in [5.74, 6) is 4.82. The van der Waals surface area contributed by atoms with Gasteiger partial charge >= 0.3 is 228 Å². The predicted molar refractivity (Wildman–Crippen MR) is 223 cm³/mol. The van der Waals surface area contributed by atoms with E-state index in [1.807, 2.05) is 0 Å². The van der Waals surface area contributed by atoms with Gasteiger partial charge in [0.05, 0.1) is 0 Å². The van der Waals surface area contributed by atoms with E-state index in [4.69, 9.17) is 0 Å². The molecule has 6 heteroatoms. The van der Waals surface area contributed by atoms with Crippen LogP contribution in [0.1, 0.15) is 73.9 Å². The Morgan fingerprint density at radius 2 is 0.875 bits per heavy atom. The standard InChI is InChI=1S/3C10H14N.2C3H7.2C2H5.2CH3.Al.Ga.In/c3*1-9-6-4-5-7-10(9)8-11(2)3;2*1-3-2;2*1-2;;;;;/h3*4-7H,1,8H2,2-3H3;2*1,3H2,2H3;2*1H2,2H3;2*1H3;;;. The quantitative estimate of drug-likeness (QED) is 0.118. The first-order chi connectivity index (χ1) is 22.9. The van der Waals surface area contributed by atoms with Gasteiger partial charge in [-0.05, 0) is 19.7 Å². The van der Waals surface area contributed by atoms with Gasteiger partial charge in [0, 0.05) is 6.54 Å². The molecule has 0 spiro atoms. The van der Waals surface area contributed by atoms with Gasteiger partial charge in [0.25, 0.3) is 14.1 Å². The molecule has 0 amide bonds. The first kappa shape index (κ1) is 45.6. The molecule has 3 nitrogen and oxygen atoms in total. The maximum absolute atomic E-state index is 2.41. The summed E-state index contributed by atoms with van der Waals surface area (Å²) < 4.78 is 4.62. The number of hydrogen-bond donors (Lipinski definition) is 0. The molecule has 0 aliphatic rings. The minimum atomic E-state index is -1.28. The molecule has 0 radical (unpaired) electrons. The van der Waals surface area contributed by atoms with Gasteiger partial charge in [-0.2, -0.15) is 0 Å². The Hall–Kier alpha value is -0.421. The van der Waals surface area contributed by atoms with E-state index in [1.54, 1.807) is 30.6 Å². The van der Waals surface area contributed by atoms with E-state index in [1.165, 1.54) is 48.4 Å². The number of nitrogens with zero attached hydrogens (tertiary/aromatic N) is 3. The predicted octanol–water partition coefficient (Wildman–Crippen LogP) is 10.1. The summed E-state index contributed by atoms with van der Waals surface area (Å²) in [4.78, 5) is 11.1. The number of rotatable bonds is 18. The van der Waals surface area contributed by atoms with Crippen LogP contribution < -0.4 is 0 Å². The molecule has 264 valence electrons. The summed E-state index contributed by atoms with van der Waals surface area (Å²) in [5, 5.41) is 1.32. The normalized spacial score (nSPS) is 10.8. The van der Waals surface area contributed by atoms with Crippen LogP contribution in [0.5, 0.6) is 0 Å². The summed E-state index contributed by atoms with van der Waals surface area (Å²) in [6.45, 7) is 12.7. The second-order valence-electron chi connectivity index (χ2n) is 15.2. The SMILES string of the molecule is CC[CH2][In]([CH2]CC)[CH2]c1ccccc1CN(C)C.CN(C)Cc1ccccc1[CH2][Al]([CH3])[CH3].C[CH2][Ga]([CH2]C)[CH2]c1ccccc1CN(C)C. The molecule has 0 saturated heterocycles. The van der Waals surface area contributed by atoms with Gasteiger partial charge in [-0.1, -0.05) is 35.1 Å². The van der Waals surface area contributed by atoms with Gasteiger partial charge in [0.2, 0.25) is 0 Å². The molecule has 0 fully saturated rings. The third-order valence-electron chi connectivity index (χ3n) is 9.01. The summed E-state index contributed by atoms with van der Waals surface area (Å²) in [6, 6.07) is 26.9. The minimum absolute atomic E-state index is 0.489. The van der Waals surface area contributed by atoms with Crippen LogP contribution in [0, 0.1) is 0 Å². The summed E-state index contributed by atoms with van der Waals surface area (Å²) in [5.41, 5.74) is 9.40. The maximum atomic E-state index is 2.41. The summed E-state index contributed by atoms with van der Waals surface area (Å²) in [7, 11) is 12.9. The molecule has 3 aromatic carbocycles. The van der Waals surface area contributed by atoms with E-state index in [9.17, 15) is 0 Å². The molecule has 3 aromatic rings. The number of hydrogen-bond acceptors (Lipinski definition) is 3. The Labute approximate surface area is 316 Å². The van der Waals surface area contributed by atoms with E-state index >= 15 is 0 Å². The molecular formula is C42H72AlGaInN3. The Kier molecular flexibility index (Phi) is 25.9. The van der Waals surface area contributed by atoms with Crippen LogP contribution in [-0.2, 0) is 34.1 Å². The van der Waals surface area contributed by atoms with Crippen molar-refractivity contribution in [3.05, 3.63) is 106 Å². The van der Waals surface area contributed by atoms with E-state index in [0.29, 0.717) is 0 Å². The average molecular weight is 831 g/mol. The summed E-state index contributed by atoms with van der Waals surface area (Å²) in [6.07, 6.45) is 2.80. The van der Waals surface area contributed by atoms with Gasteiger partial charge < -0.3 is 4.90 Å². The second kappa shape index (κ2) is 27.3. The van der Waals surface area contributed by atoms with Crippen molar-refractivity contribution in [3.63, 3.8) is 0 Å². The van der Waals surface area contributed by atoms with Crippen LogP contribution in [0.2, 0.25) is 29.9 Å². The molecule has 0 saturated carbocycles. The molecule has 0 atom stereocenters. The molecular weight excluding hydrogens is 758 g/mol. The van der Waals surface area contributed by atoms with Crippen molar-refractivity contribution in [1.29, 1.82) is 0 Å². The van der Waals surface area contributed by atoms with Crippen molar-refractivity contribution in [2.24, 2.45) is 0 Å². The summed E-state index contributed by atoms with van der Waals surface area (Å²) >= 11 is -2.75.